The van der Waals surface area contributed by atoms with Gasteiger partial charge in [-0.2, -0.15) is 0 Å². The highest BCUT2D eigenvalue weighted by Crippen LogP contribution is 2.22. The molecule has 0 saturated heterocycles. The molecule has 3 heterocycles. The molecule has 192 valence electrons. The highest BCUT2D eigenvalue weighted by molar-refractivity contribution is 5.82. The van der Waals surface area contributed by atoms with E-state index in [-0.39, 0.29) is 0 Å². The van der Waals surface area contributed by atoms with Crippen molar-refractivity contribution in [3.8, 4) is 11.5 Å². The van der Waals surface area contributed by atoms with Crippen molar-refractivity contribution in [3.63, 3.8) is 0 Å². The molecule has 5 rings (SSSR count). The number of benzene rings is 2. The summed E-state index contributed by atoms with van der Waals surface area (Å²) in [6.45, 7) is 3.78. The molecule has 5 aromatic rings. The highest BCUT2D eigenvalue weighted by atomic mass is 16.5. The zero-order chi connectivity index (χ0) is 25.5. The summed E-state index contributed by atoms with van der Waals surface area (Å²) in [6.07, 6.45) is 2.01. The van der Waals surface area contributed by atoms with E-state index < -0.39 is 0 Å². The monoisotopic (exact) mass is 502 g/mol. The van der Waals surface area contributed by atoms with Crippen LogP contribution in [0.4, 0.5) is 11.6 Å². The van der Waals surface area contributed by atoms with Crippen molar-refractivity contribution in [2.24, 2.45) is 0 Å². The largest absolute Gasteiger partial charge is 0.491 e. The maximum atomic E-state index is 5.86. The Hall–Kier alpha value is -4.28. The highest BCUT2D eigenvalue weighted by Gasteiger charge is 2.05. The van der Waals surface area contributed by atoms with Gasteiger partial charge in [-0.1, -0.05) is 0 Å². The van der Waals surface area contributed by atoms with Crippen LogP contribution in [0.15, 0.2) is 66.9 Å². The molecule has 0 saturated carbocycles. The normalized spacial score (nSPS) is 11.4. The van der Waals surface area contributed by atoms with Gasteiger partial charge in [0.05, 0.1) is 49.7 Å². The number of hydrogen-bond acceptors (Lipinski definition) is 8. The van der Waals surface area contributed by atoms with Gasteiger partial charge in [-0.25, -0.2) is 9.97 Å². The molecule has 10 heteroatoms. The van der Waals surface area contributed by atoms with Gasteiger partial charge in [-0.15, -0.1) is 0 Å². The van der Waals surface area contributed by atoms with Crippen LogP contribution in [0.1, 0.15) is 5.69 Å². The van der Waals surface area contributed by atoms with Crippen LogP contribution in [0.3, 0.4) is 0 Å². The van der Waals surface area contributed by atoms with Crippen LogP contribution >= 0.6 is 0 Å². The Morgan fingerprint density at radius 2 is 1.24 bits per heavy atom. The minimum Gasteiger partial charge on any atom is -0.491 e. The van der Waals surface area contributed by atoms with Crippen molar-refractivity contribution >= 4 is 33.4 Å². The molecule has 0 unspecified atom stereocenters. The first-order chi connectivity index (χ1) is 18.1. The SMILES string of the molecule is Nc1ccc2cc(OCCOCCOCCn3cc(COc4ccc5nc(N)ccc5c4)[nH]3)ccc2n1. The van der Waals surface area contributed by atoms with Crippen LogP contribution in [0, 0.1) is 0 Å². The number of aromatic nitrogens is 4. The predicted octanol–water partition coefficient (Wildman–Crippen LogP) is 3.77. The number of nitrogens with two attached hydrogens (primary N) is 2. The lowest BCUT2D eigenvalue weighted by Gasteiger charge is -2.16. The predicted molar refractivity (Wildman–Crippen MR) is 143 cm³/mol. The third-order valence-corrected chi connectivity index (χ3v) is 5.70. The van der Waals surface area contributed by atoms with E-state index in [9.17, 15) is 0 Å². The first-order valence-electron chi connectivity index (χ1n) is 12.1. The lowest BCUT2D eigenvalue weighted by Crippen LogP contribution is -2.18. The molecule has 0 amide bonds. The molecule has 5 N–H and O–H groups in total. The van der Waals surface area contributed by atoms with Gasteiger partial charge in [0.25, 0.3) is 0 Å². The topological polar surface area (TPSA) is 135 Å². The van der Waals surface area contributed by atoms with Crippen molar-refractivity contribution in [1.29, 1.82) is 0 Å². The van der Waals surface area contributed by atoms with Gasteiger partial charge in [0.15, 0.2) is 0 Å². The smallest absolute Gasteiger partial charge is 0.131 e. The molecule has 0 bridgehead atoms. The van der Waals surface area contributed by atoms with Crippen molar-refractivity contribution in [2.45, 2.75) is 13.2 Å². The summed E-state index contributed by atoms with van der Waals surface area (Å²) in [5.74, 6) is 2.58. The number of ether oxygens (including phenoxy) is 4. The third kappa shape index (κ3) is 6.69. The standard InChI is InChI=1S/C27H30N6O4/c28-26-7-1-19-15-22(3-5-24(19)30-26)36-14-13-35-12-11-34-10-9-33-17-21(32-33)18-37-23-4-6-25-20(16-23)2-8-27(29)31-25/h1-8,15-17,32H,9-14,18H2,(H2,28,30)(H2,29,31). The lowest BCUT2D eigenvalue weighted by atomic mass is 10.2. The molecule has 3 aromatic heterocycles. The third-order valence-electron chi connectivity index (χ3n) is 5.70. The molecule has 0 aliphatic rings. The summed E-state index contributed by atoms with van der Waals surface area (Å²) in [5.41, 5.74) is 14.1. The van der Waals surface area contributed by atoms with E-state index in [1.807, 2.05) is 59.4 Å². The van der Waals surface area contributed by atoms with Crippen LogP contribution in [-0.4, -0.2) is 52.8 Å². The molecule has 0 aliphatic heterocycles. The number of nitrogens with one attached hydrogen (secondary N) is 1. The fourth-order valence-electron chi connectivity index (χ4n) is 3.84. The summed E-state index contributed by atoms with van der Waals surface area (Å²) >= 11 is 0. The summed E-state index contributed by atoms with van der Waals surface area (Å²) in [6, 6.07) is 18.9. The van der Waals surface area contributed by atoms with Crippen molar-refractivity contribution in [1.82, 2.24) is 19.7 Å². The second kappa shape index (κ2) is 11.6. The fourth-order valence-corrected chi connectivity index (χ4v) is 3.84. The van der Waals surface area contributed by atoms with E-state index in [1.54, 1.807) is 12.1 Å². The second-order valence-electron chi connectivity index (χ2n) is 8.50. The van der Waals surface area contributed by atoms with E-state index in [1.165, 1.54) is 0 Å². The Bertz CT molecular complexity index is 1450. The average Bonchev–Trinajstić information content (AvgIpc) is 2.88. The van der Waals surface area contributed by atoms with E-state index >= 15 is 0 Å². The van der Waals surface area contributed by atoms with Gasteiger partial charge in [-0.05, 0) is 60.7 Å². The quantitative estimate of drug-likeness (QED) is 0.207. The molecule has 0 fully saturated rings. The summed E-state index contributed by atoms with van der Waals surface area (Å²) in [4.78, 5) is 8.57. The van der Waals surface area contributed by atoms with E-state index in [0.29, 0.717) is 51.3 Å². The number of aromatic amines is 1. The number of anilines is 2. The molecular weight excluding hydrogens is 472 g/mol. The molecule has 0 spiro atoms. The summed E-state index contributed by atoms with van der Waals surface area (Å²) in [7, 11) is 0. The van der Waals surface area contributed by atoms with Gasteiger partial charge in [0.1, 0.15) is 36.3 Å². The second-order valence-corrected chi connectivity index (χ2v) is 8.50. The van der Waals surface area contributed by atoms with Gasteiger partial charge >= 0.3 is 0 Å². The summed E-state index contributed by atoms with van der Waals surface area (Å²) in [5, 5.41) is 5.22. The van der Waals surface area contributed by atoms with Gasteiger partial charge < -0.3 is 30.4 Å². The molecule has 10 nitrogen and oxygen atoms in total. The van der Waals surface area contributed by atoms with Crippen molar-refractivity contribution in [2.75, 3.05) is 44.5 Å². The minimum absolute atomic E-state index is 0.464. The summed E-state index contributed by atoms with van der Waals surface area (Å²) < 4.78 is 24.8. The van der Waals surface area contributed by atoms with E-state index in [4.69, 9.17) is 30.4 Å². The minimum atomic E-state index is 0.464. The molecule has 37 heavy (non-hydrogen) atoms. The number of hydrogen-bond donors (Lipinski definition) is 3. The van der Waals surface area contributed by atoms with Gasteiger partial charge in [0.2, 0.25) is 0 Å². The zero-order valence-corrected chi connectivity index (χ0v) is 20.4. The Morgan fingerprint density at radius 3 is 1.89 bits per heavy atom. The molecular formula is C27H30N6O4. The van der Waals surface area contributed by atoms with Crippen LogP contribution < -0.4 is 20.9 Å². The van der Waals surface area contributed by atoms with Crippen LogP contribution in [-0.2, 0) is 22.6 Å². The number of nitrogen functional groups attached to an aromatic ring is 2. The van der Waals surface area contributed by atoms with Crippen LogP contribution in [0.25, 0.3) is 21.8 Å². The Morgan fingerprint density at radius 1 is 0.676 bits per heavy atom. The molecule has 0 radical (unpaired) electrons. The van der Waals surface area contributed by atoms with Gasteiger partial charge in [0, 0.05) is 17.0 Å². The first kappa shape index (κ1) is 24.4. The number of pyridine rings is 2. The first-order valence-corrected chi connectivity index (χ1v) is 12.1. The van der Waals surface area contributed by atoms with Crippen LogP contribution in [0.5, 0.6) is 11.5 Å². The van der Waals surface area contributed by atoms with E-state index in [2.05, 4.69) is 15.1 Å². The Labute approximate surface area is 214 Å². The fraction of sp³-hybridized carbons (Fsp3) is 0.259. The number of nitrogens with zero attached hydrogens (tertiary/aromatic N) is 3. The Kier molecular flexibility index (Phi) is 7.68. The number of fused-ring (bicyclic) bond motifs is 2. The van der Waals surface area contributed by atoms with E-state index in [0.717, 1.165) is 45.5 Å². The Balaban J connectivity index is 0.907. The lowest BCUT2D eigenvalue weighted by molar-refractivity contribution is 0.0328. The molecule has 0 atom stereocenters. The van der Waals surface area contributed by atoms with Crippen LogP contribution in [0.2, 0.25) is 0 Å². The van der Waals surface area contributed by atoms with Gasteiger partial charge in [-0.3, -0.25) is 9.78 Å². The molecule has 2 aromatic carbocycles. The molecule has 0 aliphatic carbocycles. The maximum absolute atomic E-state index is 5.86. The number of H-pyrrole nitrogens is 1. The van der Waals surface area contributed by atoms with Crippen molar-refractivity contribution < 1.29 is 18.9 Å². The zero-order valence-electron chi connectivity index (χ0n) is 20.4. The number of rotatable bonds is 13. The average molecular weight is 503 g/mol. The maximum Gasteiger partial charge on any atom is 0.131 e. The van der Waals surface area contributed by atoms with Crippen molar-refractivity contribution in [3.05, 3.63) is 72.6 Å².